The van der Waals surface area contributed by atoms with E-state index in [0.717, 1.165) is 23.5 Å². The molecule has 2 aromatic carbocycles. The van der Waals surface area contributed by atoms with Crippen molar-refractivity contribution in [1.29, 1.82) is 5.26 Å². The summed E-state index contributed by atoms with van der Waals surface area (Å²) in [5.74, 6) is 1.70. The van der Waals surface area contributed by atoms with E-state index in [9.17, 15) is 0 Å². The maximum Gasteiger partial charge on any atom is 0.124 e. The summed E-state index contributed by atoms with van der Waals surface area (Å²) in [6.45, 7) is 13.0. The molecule has 0 fully saturated rings. The summed E-state index contributed by atoms with van der Waals surface area (Å²) < 4.78 is 5.99. The molecule has 5 heteroatoms. The molecule has 0 aromatic heterocycles. The van der Waals surface area contributed by atoms with Crippen LogP contribution in [0.1, 0.15) is 43.2 Å². The molecule has 5 nitrogen and oxygen atoms in total. The van der Waals surface area contributed by atoms with Crippen molar-refractivity contribution in [3.05, 3.63) is 77.6 Å². The second kappa shape index (κ2) is 9.99. The van der Waals surface area contributed by atoms with E-state index in [2.05, 4.69) is 97.9 Å². The Labute approximate surface area is 185 Å². The molecule has 0 spiro atoms. The Kier molecular flexibility index (Phi) is 7.15. The molecule has 1 aliphatic rings. The third-order valence-electron chi connectivity index (χ3n) is 5.71. The van der Waals surface area contributed by atoms with Crippen LogP contribution in [0.3, 0.4) is 0 Å². The van der Waals surface area contributed by atoms with Crippen molar-refractivity contribution in [3.63, 3.8) is 0 Å². The van der Waals surface area contributed by atoms with Gasteiger partial charge in [0.25, 0.3) is 0 Å². The average Bonchev–Trinajstić information content (AvgIpc) is 2.80. The molecule has 0 saturated heterocycles. The number of hydrogen-bond donors (Lipinski definition) is 1. The van der Waals surface area contributed by atoms with Crippen molar-refractivity contribution in [1.82, 2.24) is 5.32 Å². The molecular weight excluding hydrogens is 384 g/mol. The first kappa shape index (κ1) is 22.2. The van der Waals surface area contributed by atoms with Gasteiger partial charge in [-0.05, 0) is 48.4 Å². The van der Waals surface area contributed by atoms with Gasteiger partial charge in [-0.25, -0.2) is 0 Å². The Morgan fingerprint density at radius 1 is 1.29 bits per heavy atom. The highest BCUT2D eigenvalue weighted by molar-refractivity contribution is 5.65. The van der Waals surface area contributed by atoms with Gasteiger partial charge in [-0.15, -0.1) is 0 Å². The Morgan fingerprint density at radius 3 is 2.65 bits per heavy atom. The predicted octanol–water partition coefficient (Wildman–Crippen LogP) is 5.66. The van der Waals surface area contributed by atoms with Crippen LogP contribution in [-0.2, 0) is 0 Å². The third kappa shape index (κ3) is 5.16. The average molecular weight is 415 g/mol. The van der Waals surface area contributed by atoms with Crippen LogP contribution in [0.2, 0.25) is 0 Å². The van der Waals surface area contributed by atoms with Gasteiger partial charge in [0.2, 0.25) is 0 Å². The first-order chi connectivity index (χ1) is 14.9. The number of anilines is 2. The fraction of sp³-hybridized carbons (Fsp3) is 0.308. The van der Waals surface area contributed by atoms with Crippen molar-refractivity contribution in [2.24, 2.45) is 4.99 Å². The smallest absolute Gasteiger partial charge is 0.124 e. The largest absolute Gasteiger partial charge is 0.493 e. The minimum Gasteiger partial charge on any atom is -0.493 e. The minimum atomic E-state index is 0.271. The fourth-order valence-electron chi connectivity index (χ4n) is 3.72. The van der Waals surface area contributed by atoms with Gasteiger partial charge < -0.3 is 15.0 Å². The van der Waals surface area contributed by atoms with E-state index in [0.29, 0.717) is 30.3 Å². The van der Waals surface area contributed by atoms with Gasteiger partial charge in [0.15, 0.2) is 0 Å². The Balaban J connectivity index is 1.77. The summed E-state index contributed by atoms with van der Waals surface area (Å²) in [6, 6.07) is 17.1. The SMILES string of the molecule is C=N/C=C(/NC[C@@H]1CCOc2cc(N(C)c3ccc(C(C)C)cc3)ccc21)C(=C)C#N. The lowest BCUT2D eigenvalue weighted by Crippen LogP contribution is -2.26. The van der Waals surface area contributed by atoms with Crippen molar-refractivity contribution < 1.29 is 4.74 Å². The van der Waals surface area contributed by atoms with E-state index in [4.69, 9.17) is 10.00 Å². The van der Waals surface area contributed by atoms with Crippen molar-refractivity contribution in [2.75, 3.05) is 25.1 Å². The zero-order valence-corrected chi connectivity index (χ0v) is 18.6. The van der Waals surface area contributed by atoms with Crippen LogP contribution in [0.4, 0.5) is 11.4 Å². The number of allylic oxidation sites excluding steroid dienone is 1. The molecule has 0 aliphatic carbocycles. The van der Waals surface area contributed by atoms with Crippen molar-refractivity contribution >= 4 is 18.1 Å². The highest BCUT2D eigenvalue weighted by Crippen LogP contribution is 2.37. The fourth-order valence-corrected chi connectivity index (χ4v) is 3.72. The van der Waals surface area contributed by atoms with Crippen LogP contribution in [0.15, 0.2) is 71.5 Å². The molecule has 1 heterocycles. The van der Waals surface area contributed by atoms with Gasteiger partial charge in [0, 0.05) is 37.0 Å². The van der Waals surface area contributed by atoms with Crippen LogP contribution in [0, 0.1) is 11.3 Å². The summed E-state index contributed by atoms with van der Waals surface area (Å²) in [4.78, 5) is 5.94. The molecule has 0 amide bonds. The van der Waals surface area contributed by atoms with Crippen LogP contribution < -0.4 is 15.0 Å². The minimum absolute atomic E-state index is 0.271. The van der Waals surface area contributed by atoms with Crippen molar-refractivity contribution in [2.45, 2.75) is 32.1 Å². The van der Waals surface area contributed by atoms with Crippen molar-refractivity contribution in [3.8, 4) is 11.8 Å². The second-order valence-corrected chi connectivity index (χ2v) is 8.06. The highest BCUT2D eigenvalue weighted by Gasteiger charge is 2.23. The predicted molar refractivity (Wildman–Crippen MR) is 128 cm³/mol. The number of rotatable bonds is 8. The Bertz CT molecular complexity index is 1010. The molecule has 0 unspecified atom stereocenters. The van der Waals surface area contributed by atoms with Gasteiger partial charge in [0.1, 0.15) is 11.8 Å². The number of benzene rings is 2. The standard InChI is InChI=1S/C26H30N4O/c1-18(2)20-6-8-22(9-7-20)30(5)23-10-11-24-21(12-13-31-26(24)14-23)16-29-25(17-28-4)19(3)15-27/h6-11,14,17-18,21,29H,3-4,12-13,16H2,1-2,5H3/b25-17+/t21-/m0/s1. The first-order valence-corrected chi connectivity index (χ1v) is 10.5. The van der Waals surface area contributed by atoms with E-state index in [1.165, 1.54) is 17.3 Å². The molecule has 0 bridgehead atoms. The van der Waals surface area contributed by atoms with Gasteiger partial charge in [-0.3, -0.25) is 4.99 Å². The molecule has 0 radical (unpaired) electrons. The maximum atomic E-state index is 9.13. The van der Waals surface area contributed by atoms with E-state index in [1.54, 1.807) is 0 Å². The molecule has 0 saturated carbocycles. The normalized spacial score (nSPS) is 15.5. The zero-order valence-electron chi connectivity index (χ0n) is 18.6. The van der Waals surface area contributed by atoms with Gasteiger partial charge in [0.05, 0.1) is 24.1 Å². The molecular formula is C26H30N4O. The van der Waals surface area contributed by atoms with E-state index in [-0.39, 0.29) is 5.92 Å². The van der Waals surface area contributed by atoms with Crippen LogP contribution in [-0.4, -0.2) is 26.9 Å². The number of nitriles is 1. The molecule has 1 atom stereocenters. The van der Waals surface area contributed by atoms with Gasteiger partial charge in [-0.2, -0.15) is 5.26 Å². The van der Waals surface area contributed by atoms with Crippen LogP contribution in [0.25, 0.3) is 0 Å². The lowest BCUT2D eigenvalue weighted by molar-refractivity contribution is 0.266. The number of nitrogens with zero attached hydrogens (tertiary/aromatic N) is 3. The number of nitrogens with one attached hydrogen (secondary N) is 1. The first-order valence-electron chi connectivity index (χ1n) is 10.5. The molecule has 160 valence electrons. The highest BCUT2D eigenvalue weighted by atomic mass is 16.5. The Hall–Kier alpha value is -3.52. The van der Waals surface area contributed by atoms with E-state index in [1.807, 2.05) is 0 Å². The topological polar surface area (TPSA) is 60.7 Å². The molecule has 1 N–H and O–H groups in total. The van der Waals surface area contributed by atoms with Gasteiger partial charge in [-0.1, -0.05) is 38.6 Å². The van der Waals surface area contributed by atoms with Crippen LogP contribution in [0.5, 0.6) is 5.75 Å². The number of aliphatic imine (C=N–C) groups is 1. The van der Waals surface area contributed by atoms with E-state index < -0.39 is 0 Å². The zero-order chi connectivity index (χ0) is 22.4. The number of fused-ring (bicyclic) bond motifs is 1. The second-order valence-electron chi connectivity index (χ2n) is 8.06. The summed E-state index contributed by atoms with van der Waals surface area (Å²) in [6.07, 6.45) is 2.44. The monoisotopic (exact) mass is 414 g/mol. The van der Waals surface area contributed by atoms with Gasteiger partial charge >= 0.3 is 0 Å². The number of hydrogen-bond acceptors (Lipinski definition) is 5. The summed E-state index contributed by atoms with van der Waals surface area (Å²) >= 11 is 0. The quantitative estimate of drug-likeness (QED) is 0.344. The third-order valence-corrected chi connectivity index (χ3v) is 5.71. The molecule has 31 heavy (non-hydrogen) atoms. The lowest BCUT2D eigenvalue weighted by atomic mass is 9.92. The summed E-state index contributed by atoms with van der Waals surface area (Å²) in [5.41, 5.74) is 5.67. The molecule has 1 aliphatic heterocycles. The number of ether oxygens (including phenoxy) is 1. The lowest BCUT2D eigenvalue weighted by Gasteiger charge is -2.29. The van der Waals surface area contributed by atoms with Crippen LogP contribution >= 0.6 is 0 Å². The molecule has 3 rings (SSSR count). The Morgan fingerprint density at radius 2 is 2.00 bits per heavy atom. The molecule has 2 aromatic rings. The summed E-state index contributed by atoms with van der Waals surface area (Å²) in [5, 5.41) is 12.4. The van der Waals surface area contributed by atoms with E-state index >= 15 is 0 Å². The maximum absolute atomic E-state index is 9.13. The summed E-state index contributed by atoms with van der Waals surface area (Å²) in [7, 11) is 2.07.